The van der Waals surface area contributed by atoms with Crippen LogP contribution in [0.4, 0.5) is 13.2 Å². The van der Waals surface area contributed by atoms with Crippen LogP contribution in [0.2, 0.25) is 0 Å². The minimum Gasteiger partial charge on any atom is -0.493 e. The molecule has 0 saturated heterocycles. The third kappa shape index (κ3) is 5.16. The average molecular weight is 483 g/mol. The zero-order chi connectivity index (χ0) is 25.2. The summed E-state index contributed by atoms with van der Waals surface area (Å²) in [7, 11) is 4.45. The molecular weight excluding hydrogens is 455 g/mol. The van der Waals surface area contributed by atoms with Gasteiger partial charge in [-0.15, -0.1) is 0 Å². The maximum atomic E-state index is 12.9. The highest BCUT2D eigenvalue weighted by Crippen LogP contribution is 2.49. The minimum atomic E-state index is -4.58. The summed E-state index contributed by atoms with van der Waals surface area (Å²) in [6.45, 7) is 1.40. The number of alkyl halides is 3. The summed E-state index contributed by atoms with van der Waals surface area (Å²) < 4.78 is 60.3. The van der Waals surface area contributed by atoms with Crippen LogP contribution < -0.4 is 19.5 Å². The van der Waals surface area contributed by atoms with Gasteiger partial charge in [0, 0.05) is 12.5 Å². The summed E-state index contributed by atoms with van der Waals surface area (Å²) in [5.41, 5.74) is 2.91. The molecule has 2 atom stereocenters. The SMILES string of the molecule is COc1cc2c(c(OC)c1OC)C1=C(C=C(OCC(F)(F)F)[C@@H](O)C(C)=C1)[C@@H](NC(C)=O)CC2. The second-order valence-electron chi connectivity index (χ2n) is 8.08. The third-order valence-electron chi connectivity index (χ3n) is 5.72. The summed E-state index contributed by atoms with van der Waals surface area (Å²) in [6.07, 6.45) is -1.98. The van der Waals surface area contributed by atoms with Crippen molar-refractivity contribution in [3.63, 3.8) is 0 Å². The Hall–Kier alpha value is -3.14. The van der Waals surface area contributed by atoms with Crippen LogP contribution in [0.15, 0.2) is 35.1 Å². The number of aliphatic hydroxyl groups is 1. The highest BCUT2D eigenvalue weighted by Gasteiger charge is 2.34. The van der Waals surface area contributed by atoms with Crippen molar-refractivity contribution >= 4 is 11.5 Å². The third-order valence-corrected chi connectivity index (χ3v) is 5.72. The van der Waals surface area contributed by atoms with Crippen LogP contribution in [0, 0.1) is 0 Å². The number of hydrogen-bond donors (Lipinski definition) is 2. The van der Waals surface area contributed by atoms with Gasteiger partial charge in [0.2, 0.25) is 11.7 Å². The van der Waals surface area contributed by atoms with E-state index in [2.05, 4.69) is 5.32 Å². The van der Waals surface area contributed by atoms with Gasteiger partial charge < -0.3 is 29.4 Å². The standard InChI is InChI=1S/C24H28F3NO6/c1-12-8-16-15(10-18(21(12)30)34-11-24(25,26)27)17(28-13(2)29)7-6-14-9-19(31-3)22(32-4)23(33-5)20(14)16/h8-10,17,21,30H,6-7,11H2,1-5H3,(H,28,29)/t17-,21-/m0/s1. The van der Waals surface area contributed by atoms with Crippen molar-refractivity contribution in [2.75, 3.05) is 27.9 Å². The normalized spacial score (nSPS) is 20.1. The highest BCUT2D eigenvalue weighted by molar-refractivity contribution is 5.89. The van der Waals surface area contributed by atoms with E-state index in [0.717, 1.165) is 5.56 Å². The zero-order valence-electron chi connectivity index (χ0n) is 19.6. The summed E-state index contributed by atoms with van der Waals surface area (Å²) in [6, 6.07) is 1.26. The van der Waals surface area contributed by atoms with Crippen molar-refractivity contribution in [2.45, 2.75) is 45.0 Å². The van der Waals surface area contributed by atoms with Crippen LogP contribution in [-0.2, 0) is 16.0 Å². The van der Waals surface area contributed by atoms with E-state index in [0.29, 0.717) is 52.4 Å². The number of aliphatic hydroxyl groups excluding tert-OH is 1. The number of methoxy groups -OCH3 is 3. The van der Waals surface area contributed by atoms with E-state index in [4.69, 9.17) is 18.9 Å². The first kappa shape index (κ1) is 25.5. The van der Waals surface area contributed by atoms with E-state index in [1.807, 2.05) is 6.07 Å². The lowest BCUT2D eigenvalue weighted by molar-refractivity contribution is -0.167. The summed E-state index contributed by atoms with van der Waals surface area (Å²) >= 11 is 0. The first-order chi connectivity index (χ1) is 16.0. The van der Waals surface area contributed by atoms with Gasteiger partial charge >= 0.3 is 6.18 Å². The molecule has 3 rings (SSSR count). The number of amides is 1. The molecule has 0 spiro atoms. The van der Waals surface area contributed by atoms with Gasteiger partial charge in [0.15, 0.2) is 18.1 Å². The van der Waals surface area contributed by atoms with Crippen molar-refractivity contribution in [3.05, 3.63) is 46.3 Å². The fourth-order valence-electron chi connectivity index (χ4n) is 4.26. The van der Waals surface area contributed by atoms with Crippen LogP contribution >= 0.6 is 0 Å². The number of allylic oxidation sites excluding steroid dienone is 2. The quantitative estimate of drug-likeness (QED) is 0.642. The van der Waals surface area contributed by atoms with Crippen LogP contribution in [0.3, 0.4) is 0 Å². The lowest BCUT2D eigenvalue weighted by Gasteiger charge is -2.21. The van der Waals surface area contributed by atoms with Crippen LogP contribution in [0.25, 0.3) is 5.57 Å². The number of aryl methyl sites for hydroxylation is 1. The molecule has 34 heavy (non-hydrogen) atoms. The topological polar surface area (TPSA) is 86.2 Å². The number of nitrogens with one attached hydrogen (secondary N) is 1. The van der Waals surface area contributed by atoms with Gasteiger partial charge in [0.25, 0.3) is 0 Å². The molecule has 10 heteroatoms. The Labute approximate surface area is 195 Å². The molecule has 0 bridgehead atoms. The zero-order valence-corrected chi connectivity index (χ0v) is 19.6. The molecule has 0 heterocycles. The van der Waals surface area contributed by atoms with Gasteiger partial charge in [-0.25, -0.2) is 0 Å². The number of halogens is 3. The van der Waals surface area contributed by atoms with Crippen molar-refractivity contribution < 1.29 is 42.0 Å². The molecule has 7 nitrogen and oxygen atoms in total. The first-order valence-corrected chi connectivity index (χ1v) is 10.6. The molecule has 2 N–H and O–H groups in total. The smallest absolute Gasteiger partial charge is 0.422 e. The Morgan fingerprint density at radius 3 is 2.38 bits per heavy atom. The number of benzene rings is 1. The number of carbonyl (C=O) groups is 1. The Morgan fingerprint density at radius 2 is 1.82 bits per heavy atom. The Balaban J connectivity index is 2.33. The van der Waals surface area contributed by atoms with E-state index >= 15 is 0 Å². The van der Waals surface area contributed by atoms with Crippen molar-refractivity contribution in [1.29, 1.82) is 0 Å². The lowest BCUT2D eigenvalue weighted by Crippen LogP contribution is -2.34. The number of fused-ring (bicyclic) bond motifs is 2. The monoisotopic (exact) mass is 483 g/mol. The van der Waals surface area contributed by atoms with Crippen LogP contribution in [0.1, 0.15) is 31.4 Å². The molecule has 1 amide bonds. The second kappa shape index (κ2) is 10.0. The first-order valence-electron chi connectivity index (χ1n) is 10.6. The summed E-state index contributed by atoms with van der Waals surface area (Å²) in [4.78, 5) is 12.0. The average Bonchev–Trinajstić information content (AvgIpc) is 2.98. The lowest BCUT2D eigenvalue weighted by atomic mass is 9.92. The fourth-order valence-corrected chi connectivity index (χ4v) is 4.26. The molecule has 0 saturated carbocycles. The van der Waals surface area contributed by atoms with Gasteiger partial charge in [-0.3, -0.25) is 4.79 Å². The largest absolute Gasteiger partial charge is 0.493 e. The van der Waals surface area contributed by atoms with Gasteiger partial charge in [-0.2, -0.15) is 13.2 Å². The molecule has 0 radical (unpaired) electrons. The van der Waals surface area contributed by atoms with Gasteiger partial charge in [0.1, 0.15) is 11.9 Å². The maximum Gasteiger partial charge on any atom is 0.422 e. The number of carbonyl (C=O) groups excluding carboxylic acids is 1. The van der Waals surface area contributed by atoms with Crippen LogP contribution in [-0.4, -0.2) is 57.3 Å². The fraction of sp³-hybridized carbons (Fsp3) is 0.458. The van der Waals surface area contributed by atoms with Crippen molar-refractivity contribution in [3.8, 4) is 17.2 Å². The van der Waals surface area contributed by atoms with Gasteiger partial charge in [0.05, 0.1) is 27.4 Å². The second-order valence-corrected chi connectivity index (χ2v) is 8.08. The van der Waals surface area contributed by atoms with E-state index < -0.39 is 24.9 Å². The van der Waals surface area contributed by atoms with Gasteiger partial charge in [-0.05, 0) is 54.2 Å². The molecule has 2 aliphatic carbocycles. The maximum absolute atomic E-state index is 12.9. The van der Waals surface area contributed by atoms with Crippen LogP contribution in [0.5, 0.6) is 17.2 Å². The number of rotatable bonds is 6. The molecule has 186 valence electrons. The molecule has 1 aromatic rings. The predicted molar refractivity (Wildman–Crippen MR) is 119 cm³/mol. The molecule has 0 aromatic heterocycles. The number of ether oxygens (including phenoxy) is 4. The van der Waals surface area contributed by atoms with Gasteiger partial charge in [-0.1, -0.05) is 6.08 Å². The Kier molecular flexibility index (Phi) is 7.50. The molecule has 0 aliphatic heterocycles. The van der Waals surface area contributed by atoms with E-state index in [-0.39, 0.29) is 11.7 Å². The molecule has 0 unspecified atom stereocenters. The van der Waals surface area contributed by atoms with E-state index in [1.54, 1.807) is 13.0 Å². The Bertz CT molecular complexity index is 1060. The predicted octanol–water partition coefficient (Wildman–Crippen LogP) is 3.70. The number of hydrogen-bond acceptors (Lipinski definition) is 6. The summed E-state index contributed by atoms with van der Waals surface area (Å²) in [5.74, 6) is 0.620. The van der Waals surface area contributed by atoms with Crippen molar-refractivity contribution in [1.82, 2.24) is 5.32 Å². The molecule has 0 fully saturated rings. The van der Waals surface area contributed by atoms with E-state index in [9.17, 15) is 23.1 Å². The molecule has 1 aromatic carbocycles. The molecular formula is C24H28F3NO6. The Morgan fingerprint density at radius 1 is 1.15 bits per heavy atom. The highest BCUT2D eigenvalue weighted by atomic mass is 19.4. The van der Waals surface area contributed by atoms with Crippen molar-refractivity contribution in [2.24, 2.45) is 0 Å². The minimum absolute atomic E-state index is 0.255. The van der Waals surface area contributed by atoms with E-state index in [1.165, 1.54) is 34.3 Å². The summed E-state index contributed by atoms with van der Waals surface area (Å²) in [5, 5.41) is 13.6. The molecule has 2 aliphatic rings.